The summed E-state index contributed by atoms with van der Waals surface area (Å²) in [5.41, 5.74) is 0.196. The maximum absolute atomic E-state index is 11.5. The van der Waals surface area contributed by atoms with Crippen LogP contribution < -0.4 is 4.74 Å². The normalized spacial score (nSPS) is 9.93. The molecule has 0 aliphatic heterocycles. The summed E-state index contributed by atoms with van der Waals surface area (Å²) in [7, 11) is 1.69. The molecule has 15 heavy (non-hydrogen) atoms. The van der Waals surface area contributed by atoms with Gasteiger partial charge in [-0.15, -0.1) is 5.10 Å². The summed E-state index contributed by atoms with van der Waals surface area (Å²) in [5, 5.41) is 7.30. The zero-order chi connectivity index (χ0) is 10.7. The lowest BCUT2D eigenvalue weighted by Gasteiger charge is -1.99. The molecule has 76 valence electrons. The van der Waals surface area contributed by atoms with Gasteiger partial charge in [0.15, 0.2) is 5.69 Å². The van der Waals surface area contributed by atoms with Crippen molar-refractivity contribution in [3.63, 3.8) is 0 Å². The molecule has 2 rings (SSSR count). The first-order valence-electron chi connectivity index (χ1n) is 4.39. The quantitative estimate of drug-likeness (QED) is 0.540. The lowest BCUT2D eigenvalue weighted by molar-refractivity contribution is 0.0728. The Morgan fingerprint density at radius 2 is 2.07 bits per heavy atom. The lowest BCUT2D eigenvalue weighted by atomic mass is 10.3. The van der Waals surface area contributed by atoms with Crippen LogP contribution in [-0.2, 0) is 7.05 Å². The molecule has 2 aromatic rings. The third-order valence-corrected chi connectivity index (χ3v) is 1.77. The first kappa shape index (κ1) is 9.39. The van der Waals surface area contributed by atoms with E-state index in [1.165, 1.54) is 10.9 Å². The van der Waals surface area contributed by atoms with Crippen LogP contribution in [0.25, 0.3) is 0 Å². The van der Waals surface area contributed by atoms with E-state index in [0.717, 1.165) is 0 Å². The number of hydrogen-bond acceptors (Lipinski definition) is 4. The van der Waals surface area contributed by atoms with Crippen LogP contribution in [0.4, 0.5) is 0 Å². The van der Waals surface area contributed by atoms with Crippen LogP contribution >= 0.6 is 0 Å². The molecule has 1 heterocycles. The molecule has 0 radical (unpaired) electrons. The zero-order valence-corrected chi connectivity index (χ0v) is 8.12. The van der Waals surface area contributed by atoms with E-state index >= 15 is 0 Å². The summed E-state index contributed by atoms with van der Waals surface area (Å²) in [6, 6.07) is 8.83. The Balaban J connectivity index is 2.11. The molecule has 1 aromatic carbocycles. The van der Waals surface area contributed by atoms with E-state index in [1.54, 1.807) is 31.3 Å². The van der Waals surface area contributed by atoms with Crippen molar-refractivity contribution in [1.29, 1.82) is 0 Å². The fourth-order valence-corrected chi connectivity index (χ4v) is 1.09. The molecule has 0 spiro atoms. The van der Waals surface area contributed by atoms with E-state index in [4.69, 9.17) is 4.74 Å². The van der Waals surface area contributed by atoms with Gasteiger partial charge in [-0.1, -0.05) is 23.4 Å². The topological polar surface area (TPSA) is 57.0 Å². The van der Waals surface area contributed by atoms with Crippen molar-refractivity contribution in [1.82, 2.24) is 15.0 Å². The van der Waals surface area contributed by atoms with Crippen molar-refractivity contribution in [2.75, 3.05) is 0 Å². The highest BCUT2D eigenvalue weighted by Crippen LogP contribution is 2.10. The van der Waals surface area contributed by atoms with E-state index in [-0.39, 0.29) is 5.69 Å². The van der Waals surface area contributed by atoms with Crippen LogP contribution in [0, 0.1) is 0 Å². The first-order chi connectivity index (χ1) is 7.25. The molecule has 0 aliphatic rings. The number of rotatable bonds is 2. The highest BCUT2D eigenvalue weighted by atomic mass is 16.5. The standard InChI is InChI=1S/C10H9N3O2/c1-13-7-9(11-12-13)10(14)15-8-5-3-2-4-6-8/h2-7H,1H3. The van der Waals surface area contributed by atoms with Gasteiger partial charge in [0.25, 0.3) is 0 Å². The van der Waals surface area contributed by atoms with Crippen molar-refractivity contribution < 1.29 is 9.53 Å². The molecule has 5 nitrogen and oxygen atoms in total. The summed E-state index contributed by atoms with van der Waals surface area (Å²) in [4.78, 5) is 11.5. The van der Waals surface area contributed by atoms with Crippen molar-refractivity contribution in [2.45, 2.75) is 0 Å². The van der Waals surface area contributed by atoms with Gasteiger partial charge in [0, 0.05) is 7.05 Å². The Labute approximate surface area is 86.3 Å². The molecule has 0 saturated carbocycles. The highest BCUT2D eigenvalue weighted by molar-refractivity contribution is 5.88. The maximum atomic E-state index is 11.5. The Hall–Kier alpha value is -2.17. The van der Waals surface area contributed by atoms with E-state index in [2.05, 4.69) is 10.3 Å². The molecule has 1 aromatic heterocycles. The fraction of sp³-hybridized carbons (Fsp3) is 0.100. The molecule has 0 aliphatic carbocycles. The van der Waals surface area contributed by atoms with Gasteiger partial charge in [-0.25, -0.2) is 4.79 Å². The van der Waals surface area contributed by atoms with E-state index in [1.807, 2.05) is 6.07 Å². The minimum atomic E-state index is -0.505. The molecule has 0 amide bonds. The summed E-state index contributed by atoms with van der Waals surface area (Å²) in [5.74, 6) is -0.0116. The smallest absolute Gasteiger partial charge is 0.365 e. The molecule has 0 unspecified atom stereocenters. The second-order valence-electron chi connectivity index (χ2n) is 2.98. The number of benzene rings is 1. The zero-order valence-electron chi connectivity index (χ0n) is 8.12. The SMILES string of the molecule is Cn1cc(C(=O)Oc2ccccc2)nn1. The number of ether oxygens (including phenoxy) is 1. The Morgan fingerprint density at radius 1 is 1.33 bits per heavy atom. The Kier molecular flexibility index (Phi) is 2.45. The number of aromatic nitrogens is 3. The van der Waals surface area contributed by atoms with E-state index in [9.17, 15) is 4.79 Å². The molecule has 0 fully saturated rings. The molecule has 0 bridgehead atoms. The molecular formula is C10H9N3O2. The van der Waals surface area contributed by atoms with Crippen LogP contribution in [0.2, 0.25) is 0 Å². The largest absolute Gasteiger partial charge is 0.422 e. The van der Waals surface area contributed by atoms with E-state index < -0.39 is 5.97 Å². The van der Waals surface area contributed by atoms with Crippen molar-refractivity contribution in [3.8, 4) is 5.75 Å². The summed E-state index contributed by atoms with van der Waals surface area (Å²) in [6.07, 6.45) is 1.51. The number of para-hydroxylation sites is 1. The third kappa shape index (κ3) is 2.19. The van der Waals surface area contributed by atoms with Gasteiger partial charge in [0.1, 0.15) is 5.75 Å². The number of carbonyl (C=O) groups is 1. The fourth-order valence-electron chi connectivity index (χ4n) is 1.09. The van der Waals surface area contributed by atoms with Gasteiger partial charge < -0.3 is 4.74 Å². The first-order valence-corrected chi connectivity index (χ1v) is 4.39. The average molecular weight is 203 g/mol. The molecule has 5 heteroatoms. The number of nitrogens with zero attached hydrogens (tertiary/aromatic N) is 3. The summed E-state index contributed by atoms with van der Waals surface area (Å²) < 4.78 is 6.50. The molecule has 0 atom stereocenters. The molecule has 0 saturated heterocycles. The summed E-state index contributed by atoms with van der Waals surface area (Å²) in [6.45, 7) is 0. The van der Waals surface area contributed by atoms with E-state index in [0.29, 0.717) is 5.75 Å². The van der Waals surface area contributed by atoms with Gasteiger partial charge in [0.2, 0.25) is 0 Å². The minimum absolute atomic E-state index is 0.196. The van der Waals surface area contributed by atoms with Crippen LogP contribution in [0.3, 0.4) is 0 Å². The van der Waals surface area contributed by atoms with Crippen LogP contribution in [0.15, 0.2) is 36.5 Å². The van der Waals surface area contributed by atoms with Gasteiger partial charge in [-0.05, 0) is 12.1 Å². The monoisotopic (exact) mass is 203 g/mol. The lowest BCUT2D eigenvalue weighted by Crippen LogP contribution is -2.08. The molecule has 0 N–H and O–H groups in total. The van der Waals surface area contributed by atoms with Gasteiger partial charge >= 0.3 is 5.97 Å². The second kappa shape index (κ2) is 3.91. The summed E-state index contributed by atoms with van der Waals surface area (Å²) >= 11 is 0. The van der Waals surface area contributed by atoms with Crippen molar-refractivity contribution in [2.24, 2.45) is 7.05 Å². The predicted octanol–water partition coefficient (Wildman–Crippen LogP) is 1.03. The number of hydrogen-bond donors (Lipinski definition) is 0. The number of esters is 1. The number of aryl methyl sites for hydroxylation is 1. The predicted molar refractivity (Wildman–Crippen MR) is 52.4 cm³/mol. The van der Waals surface area contributed by atoms with Crippen LogP contribution in [0.5, 0.6) is 5.75 Å². The maximum Gasteiger partial charge on any atom is 0.365 e. The Morgan fingerprint density at radius 3 is 2.67 bits per heavy atom. The molecular weight excluding hydrogens is 194 g/mol. The third-order valence-electron chi connectivity index (χ3n) is 1.77. The van der Waals surface area contributed by atoms with Crippen molar-refractivity contribution >= 4 is 5.97 Å². The van der Waals surface area contributed by atoms with Gasteiger partial charge in [-0.3, -0.25) is 4.68 Å². The second-order valence-corrected chi connectivity index (χ2v) is 2.98. The van der Waals surface area contributed by atoms with Crippen LogP contribution in [0.1, 0.15) is 10.5 Å². The minimum Gasteiger partial charge on any atom is -0.422 e. The number of carbonyl (C=O) groups excluding carboxylic acids is 1. The van der Waals surface area contributed by atoms with Gasteiger partial charge in [-0.2, -0.15) is 0 Å². The van der Waals surface area contributed by atoms with Crippen molar-refractivity contribution in [3.05, 3.63) is 42.2 Å². The average Bonchev–Trinajstić information content (AvgIpc) is 2.66. The highest BCUT2D eigenvalue weighted by Gasteiger charge is 2.11. The van der Waals surface area contributed by atoms with Gasteiger partial charge in [0.05, 0.1) is 6.20 Å². The Bertz CT molecular complexity index is 465. The van der Waals surface area contributed by atoms with Crippen LogP contribution in [-0.4, -0.2) is 21.0 Å².